The molecule has 1 N–H and O–H groups in total. The van der Waals surface area contributed by atoms with Crippen molar-refractivity contribution in [2.45, 2.75) is 6.04 Å². The number of carbonyl (C=O) groups excluding carboxylic acids is 2. The van der Waals surface area contributed by atoms with Crippen LogP contribution >= 0.6 is 0 Å². The molecule has 0 spiro atoms. The first-order valence-electron chi connectivity index (χ1n) is 11.5. The molecule has 1 fully saturated rings. The van der Waals surface area contributed by atoms with E-state index in [9.17, 15) is 14.7 Å². The van der Waals surface area contributed by atoms with E-state index >= 15 is 0 Å². The highest BCUT2D eigenvalue weighted by atomic mass is 16.5. The summed E-state index contributed by atoms with van der Waals surface area (Å²) in [5.74, 6) is 0.0943. The maximum absolute atomic E-state index is 13.3. The van der Waals surface area contributed by atoms with Gasteiger partial charge in [-0.15, -0.1) is 0 Å². The highest BCUT2D eigenvalue weighted by Gasteiger charge is 2.47. The molecule has 3 aromatic carbocycles. The summed E-state index contributed by atoms with van der Waals surface area (Å²) in [6, 6.07) is 15.3. The Balaban J connectivity index is 1.91. The molecule has 1 aliphatic rings. The first-order valence-corrected chi connectivity index (χ1v) is 11.5. The van der Waals surface area contributed by atoms with E-state index in [1.807, 2.05) is 43.3 Å². The Hall–Kier alpha value is -4.04. The van der Waals surface area contributed by atoms with Crippen LogP contribution in [-0.2, 0) is 9.59 Å². The van der Waals surface area contributed by atoms with Crippen LogP contribution in [0.25, 0.3) is 16.5 Å². The lowest BCUT2D eigenvalue weighted by molar-refractivity contribution is -0.140. The summed E-state index contributed by atoms with van der Waals surface area (Å²) in [6.45, 7) is 0.824. The number of hydrogen-bond donors (Lipinski definition) is 1. The van der Waals surface area contributed by atoms with E-state index < -0.39 is 17.7 Å². The quantitative estimate of drug-likeness (QED) is 0.292. The molecule has 0 aromatic heterocycles. The van der Waals surface area contributed by atoms with Crippen molar-refractivity contribution in [2.75, 3.05) is 48.5 Å². The molecule has 1 atom stereocenters. The van der Waals surface area contributed by atoms with Gasteiger partial charge < -0.3 is 29.1 Å². The second kappa shape index (κ2) is 10.3. The van der Waals surface area contributed by atoms with Gasteiger partial charge in [0.15, 0.2) is 0 Å². The number of ether oxygens (including phenoxy) is 3. The molecule has 1 heterocycles. The van der Waals surface area contributed by atoms with Crippen LogP contribution in [0.15, 0.2) is 60.2 Å². The molecule has 8 heteroatoms. The van der Waals surface area contributed by atoms with Gasteiger partial charge >= 0.3 is 0 Å². The molecular formula is C28H30N2O6. The first-order chi connectivity index (χ1) is 17.3. The SMILES string of the molecule is COc1ccc(OC)c(C2/C(=C(\O)c3ccc4cc(OC)ccc4c3)C(=O)C(=O)N2CCN(C)C)c1. The number of nitrogens with zero attached hydrogens (tertiary/aromatic N) is 2. The summed E-state index contributed by atoms with van der Waals surface area (Å²) < 4.78 is 16.3. The molecule has 1 unspecified atom stereocenters. The maximum Gasteiger partial charge on any atom is 0.295 e. The Labute approximate surface area is 210 Å². The summed E-state index contributed by atoms with van der Waals surface area (Å²) in [4.78, 5) is 30.0. The molecule has 1 aliphatic heterocycles. The zero-order valence-corrected chi connectivity index (χ0v) is 21.1. The van der Waals surface area contributed by atoms with Crippen molar-refractivity contribution in [3.63, 3.8) is 0 Å². The number of benzene rings is 3. The van der Waals surface area contributed by atoms with E-state index in [2.05, 4.69) is 0 Å². The highest BCUT2D eigenvalue weighted by molar-refractivity contribution is 6.46. The molecule has 36 heavy (non-hydrogen) atoms. The number of carbonyl (C=O) groups is 2. The van der Waals surface area contributed by atoms with Crippen molar-refractivity contribution in [3.8, 4) is 17.2 Å². The lowest BCUT2D eigenvalue weighted by atomic mass is 9.93. The number of fused-ring (bicyclic) bond motifs is 1. The van der Waals surface area contributed by atoms with Crippen molar-refractivity contribution >= 4 is 28.2 Å². The molecule has 0 aliphatic carbocycles. The third-order valence-electron chi connectivity index (χ3n) is 6.38. The van der Waals surface area contributed by atoms with Crippen molar-refractivity contribution in [1.29, 1.82) is 0 Å². The fourth-order valence-electron chi connectivity index (χ4n) is 4.45. The Bertz CT molecular complexity index is 1350. The van der Waals surface area contributed by atoms with Gasteiger partial charge in [0.1, 0.15) is 23.0 Å². The van der Waals surface area contributed by atoms with Crippen LogP contribution in [0, 0.1) is 0 Å². The van der Waals surface area contributed by atoms with E-state index in [1.54, 1.807) is 44.6 Å². The molecular weight excluding hydrogens is 460 g/mol. The molecule has 3 aromatic rings. The van der Waals surface area contributed by atoms with Crippen LogP contribution < -0.4 is 14.2 Å². The van der Waals surface area contributed by atoms with E-state index in [4.69, 9.17) is 14.2 Å². The third kappa shape index (κ3) is 4.59. The summed E-state index contributed by atoms with van der Waals surface area (Å²) >= 11 is 0. The van der Waals surface area contributed by atoms with Gasteiger partial charge in [-0.1, -0.05) is 18.2 Å². The number of methoxy groups -OCH3 is 3. The minimum atomic E-state index is -0.846. The second-order valence-electron chi connectivity index (χ2n) is 8.83. The molecule has 8 nitrogen and oxygen atoms in total. The van der Waals surface area contributed by atoms with E-state index in [0.717, 1.165) is 16.5 Å². The molecule has 0 radical (unpaired) electrons. The number of Topliss-reactive ketones (excluding diaryl/α,β-unsaturated/α-hetero) is 1. The molecule has 0 saturated carbocycles. The maximum atomic E-state index is 13.3. The summed E-state index contributed by atoms with van der Waals surface area (Å²) in [6.07, 6.45) is 0. The van der Waals surface area contributed by atoms with Gasteiger partial charge in [0.25, 0.3) is 11.7 Å². The van der Waals surface area contributed by atoms with Crippen LogP contribution in [0.5, 0.6) is 17.2 Å². The number of rotatable bonds is 8. The van der Waals surface area contributed by atoms with Gasteiger partial charge in [-0.05, 0) is 61.3 Å². The standard InChI is InChI=1S/C28H30N2O6/c1-29(2)12-13-30-25(22-16-21(35-4)10-11-23(22)36-5)24(27(32)28(30)33)26(31)19-7-6-18-15-20(34-3)9-8-17(18)14-19/h6-11,14-16,25,31H,12-13H2,1-5H3/b26-24+. The normalized spacial score (nSPS) is 17.2. The average molecular weight is 491 g/mol. The fraction of sp³-hybridized carbons (Fsp3) is 0.286. The van der Waals surface area contributed by atoms with Crippen LogP contribution in [0.3, 0.4) is 0 Å². The van der Waals surface area contributed by atoms with Gasteiger partial charge in [-0.25, -0.2) is 0 Å². The first kappa shape index (κ1) is 25.1. The van der Waals surface area contributed by atoms with Gasteiger partial charge in [0.2, 0.25) is 0 Å². The number of ketones is 1. The van der Waals surface area contributed by atoms with E-state index in [0.29, 0.717) is 29.2 Å². The van der Waals surface area contributed by atoms with Gasteiger partial charge in [0.05, 0.1) is 32.9 Å². The molecule has 188 valence electrons. The molecule has 4 rings (SSSR count). The largest absolute Gasteiger partial charge is 0.507 e. The molecule has 0 bridgehead atoms. The lowest BCUT2D eigenvalue weighted by Gasteiger charge is -2.28. The van der Waals surface area contributed by atoms with Crippen LogP contribution in [0.4, 0.5) is 0 Å². The van der Waals surface area contributed by atoms with Crippen molar-refractivity contribution < 1.29 is 28.9 Å². The summed E-state index contributed by atoms with van der Waals surface area (Å²) in [5.41, 5.74) is 1.00. The smallest absolute Gasteiger partial charge is 0.295 e. The lowest BCUT2D eigenvalue weighted by Crippen LogP contribution is -2.35. The Morgan fingerprint density at radius 2 is 1.53 bits per heavy atom. The molecule has 1 amide bonds. The number of aliphatic hydroxyl groups excluding tert-OH is 1. The van der Waals surface area contributed by atoms with Crippen LogP contribution in [0.1, 0.15) is 17.2 Å². The fourth-order valence-corrected chi connectivity index (χ4v) is 4.45. The van der Waals surface area contributed by atoms with E-state index in [1.165, 1.54) is 12.0 Å². The van der Waals surface area contributed by atoms with Crippen molar-refractivity contribution in [1.82, 2.24) is 9.80 Å². The second-order valence-corrected chi connectivity index (χ2v) is 8.83. The topological polar surface area (TPSA) is 88.5 Å². The Morgan fingerprint density at radius 3 is 2.19 bits per heavy atom. The minimum absolute atomic E-state index is 0.0122. The summed E-state index contributed by atoms with van der Waals surface area (Å²) in [7, 11) is 8.45. The van der Waals surface area contributed by atoms with Gasteiger partial charge in [0, 0.05) is 24.2 Å². The van der Waals surface area contributed by atoms with Gasteiger partial charge in [-0.2, -0.15) is 0 Å². The molecule has 1 saturated heterocycles. The monoisotopic (exact) mass is 490 g/mol. The number of amides is 1. The van der Waals surface area contributed by atoms with E-state index in [-0.39, 0.29) is 17.9 Å². The number of aliphatic hydroxyl groups is 1. The number of likely N-dealkylation sites (N-methyl/N-ethyl adjacent to an activating group) is 1. The zero-order chi connectivity index (χ0) is 26.0. The summed E-state index contributed by atoms with van der Waals surface area (Å²) in [5, 5.41) is 13.2. The van der Waals surface area contributed by atoms with Crippen molar-refractivity contribution in [3.05, 3.63) is 71.3 Å². The Kier molecular flexibility index (Phi) is 7.17. The highest BCUT2D eigenvalue weighted by Crippen LogP contribution is 2.44. The average Bonchev–Trinajstić information content (AvgIpc) is 3.15. The predicted octanol–water partition coefficient (Wildman–Crippen LogP) is 3.85. The van der Waals surface area contributed by atoms with Crippen molar-refractivity contribution in [2.24, 2.45) is 0 Å². The van der Waals surface area contributed by atoms with Crippen LogP contribution in [0.2, 0.25) is 0 Å². The zero-order valence-electron chi connectivity index (χ0n) is 21.1. The van der Waals surface area contributed by atoms with Gasteiger partial charge in [-0.3, -0.25) is 9.59 Å². The Morgan fingerprint density at radius 1 is 0.889 bits per heavy atom. The predicted molar refractivity (Wildman–Crippen MR) is 138 cm³/mol. The van der Waals surface area contributed by atoms with Crippen LogP contribution in [-0.4, -0.2) is 75.1 Å². The minimum Gasteiger partial charge on any atom is -0.507 e. The number of hydrogen-bond acceptors (Lipinski definition) is 7. The number of likely N-dealkylation sites (tertiary alicyclic amines) is 1. The third-order valence-corrected chi connectivity index (χ3v) is 6.38.